The van der Waals surface area contributed by atoms with Crippen molar-refractivity contribution in [2.75, 3.05) is 19.7 Å². The number of aromatic nitrogens is 1. The third-order valence-electron chi connectivity index (χ3n) is 5.14. The number of carboxylic acids is 1. The first-order valence-corrected chi connectivity index (χ1v) is 9.81. The number of aliphatic carboxylic acids is 1. The first-order valence-electron chi connectivity index (χ1n) is 9.81. The molecule has 6 N–H and O–H groups in total. The molecule has 8 heteroatoms. The molecule has 160 valence electrons. The number of para-hydroxylation sites is 1. The molecule has 1 heterocycles. The average molecular weight is 405 g/mol. The van der Waals surface area contributed by atoms with Gasteiger partial charge in [-0.25, -0.2) is 4.79 Å². The molecule has 1 aromatic heterocycles. The normalized spacial score (nSPS) is 13.9. The van der Waals surface area contributed by atoms with Crippen LogP contribution in [0.3, 0.4) is 0 Å². The summed E-state index contributed by atoms with van der Waals surface area (Å²) in [4.78, 5) is 26.9. The zero-order valence-electron chi connectivity index (χ0n) is 16.9. The molecule has 29 heavy (non-hydrogen) atoms. The summed E-state index contributed by atoms with van der Waals surface area (Å²) in [6, 6.07) is 6.62. The van der Waals surface area contributed by atoms with Gasteiger partial charge < -0.3 is 30.9 Å². The minimum absolute atomic E-state index is 0.120. The van der Waals surface area contributed by atoms with Crippen LogP contribution in [0.2, 0.25) is 0 Å². The lowest BCUT2D eigenvalue weighted by Crippen LogP contribution is -2.43. The van der Waals surface area contributed by atoms with Gasteiger partial charge in [0.15, 0.2) is 0 Å². The van der Waals surface area contributed by atoms with Crippen LogP contribution in [0.1, 0.15) is 32.3 Å². The van der Waals surface area contributed by atoms with Crippen LogP contribution in [0, 0.1) is 5.41 Å². The van der Waals surface area contributed by atoms with Crippen molar-refractivity contribution in [1.82, 2.24) is 15.6 Å². The van der Waals surface area contributed by atoms with Crippen LogP contribution in [-0.2, 0) is 16.0 Å². The summed E-state index contributed by atoms with van der Waals surface area (Å²) >= 11 is 0. The number of carboxylic acid groups (broad SMARTS) is 1. The van der Waals surface area contributed by atoms with Crippen LogP contribution in [0.4, 0.5) is 0 Å². The number of carbonyl (C=O) groups is 2. The first-order chi connectivity index (χ1) is 13.7. The molecule has 2 rings (SSSR count). The van der Waals surface area contributed by atoms with E-state index in [1.54, 1.807) is 20.0 Å². The van der Waals surface area contributed by atoms with Crippen molar-refractivity contribution in [2.45, 2.75) is 45.3 Å². The molecule has 2 aromatic rings. The van der Waals surface area contributed by atoms with Crippen LogP contribution >= 0.6 is 0 Å². The second-order valence-corrected chi connectivity index (χ2v) is 7.99. The van der Waals surface area contributed by atoms with E-state index in [9.17, 15) is 24.9 Å². The van der Waals surface area contributed by atoms with Crippen molar-refractivity contribution in [3.8, 4) is 0 Å². The second-order valence-electron chi connectivity index (χ2n) is 7.99. The topological polar surface area (TPSA) is 135 Å². The molecule has 2 atom stereocenters. The zero-order valence-corrected chi connectivity index (χ0v) is 16.9. The number of benzene rings is 1. The number of aromatic amines is 1. The van der Waals surface area contributed by atoms with E-state index in [-0.39, 0.29) is 25.4 Å². The van der Waals surface area contributed by atoms with Gasteiger partial charge in [-0.15, -0.1) is 0 Å². The highest BCUT2D eigenvalue weighted by atomic mass is 16.4. The fourth-order valence-corrected chi connectivity index (χ4v) is 2.98. The molecule has 8 nitrogen and oxygen atoms in total. The van der Waals surface area contributed by atoms with E-state index in [1.165, 1.54) is 0 Å². The van der Waals surface area contributed by atoms with E-state index in [2.05, 4.69) is 15.6 Å². The van der Waals surface area contributed by atoms with Crippen molar-refractivity contribution < 1.29 is 24.9 Å². The maximum atomic E-state index is 12.2. The number of fused-ring (bicyclic) bond motifs is 1. The van der Waals surface area contributed by atoms with Gasteiger partial charge in [-0.3, -0.25) is 4.79 Å². The van der Waals surface area contributed by atoms with Gasteiger partial charge in [0, 0.05) is 41.9 Å². The van der Waals surface area contributed by atoms with Gasteiger partial charge in [-0.2, -0.15) is 0 Å². The van der Waals surface area contributed by atoms with Crippen LogP contribution < -0.4 is 10.6 Å². The number of aliphatic hydroxyl groups excluding tert-OH is 2. The Hall–Kier alpha value is -2.42. The maximum Gasteiger partial charge on any atom is 0.326 e. The zero-order chi connectivity index (χ0) is 21.4. The Morgan fingerprint density at radius 3 is 2.66 bits per heavy atom. The van der Waals surface area contributed by atoms with Crippen molar-refractivity contribution in [2.24, 2.45) is 5.41 Å². The highest BCUT2D eigenvalue weighted by Gasteiger charge is 2.26. The Kier molecular flexibility index (Phi) is 8.19. The second kappa shape index (κ2) is 10.4. The summed E-state index contributed by atoms with van der Waals surface area (Å²) < 4.78 is 0. The lowest BCUT2D eigenvalue weighted by molar-refractivity contribution is -0.141. The molecule has 0 radical (unpaired) electrons. The van der Waals surface area contributed by atoms with Crippen LogP contribution in [0.15, 0.2) is 30.5 Å². The molecular weight excluding hydrogens is 374 g/mol. The number of rotatable bonds is 12. The third-order valence-corrected chi connectivity index (χ3v) is 5.14. The van der Waals surface area contributed by atoms with Gasteiger partial charge in [0.05, 0.1) is 12.7 Å². The Balaban J connectivity index is 1.78. The van der Waals surface area contributed by atoms with Gasteiger partial charge in [-0.05, 0) is 24.6 Å². The highest BCUT2D eigenvalue weighted by Crippen LogP contribution is 2.20. The van der Waals surface area contributed by atoms with Gasteiger partial charge in [0.2, 0.25) is 5.91 Å². The fraction of sp³-hybridized carbons (Fsp3) is 0.524. The van der Waals surface area contributed by atoms with Gasteiger partial charge in [-0.1, -0.05) is 32.0 Å². The third kappa shape index (κ3) is 6.56. The minimum atomic E-state index is -1.07. The van der Waals surface area contributed by atoms with Crippen molar-refractivity contribution in [3.63, 3.8) is 0 Å². The standard InChI is InChI=1S/C21H31N3O5/c1-21(2,13-25)18(26)12-22-9-5-8-19(27)24-17(20(28)29)10-14-11-23-16-7-4-3-6-15(14)16/h3-4,6-7,11,17-18,22-23,25-26H,5,8-10,12-13H2,1-2H3,(H,24,27)(H,28,29)/t17-,18-/m0/s1. The van der Waals surface area contributed by atoms with Crippen molar-refractivity contribution >= 4 is 22.8 Å². The smallest absolute Gasteiger partial charge is 0.326 e. The Labute approximate surface area is 170 Å². The minimum Gasteiger partial charge on any atom is -0.480 e. The number of nitrogens with one attached hydrogen (secondary N) is 3. The van der Waals surface area contributed by atoms with E-state index in [4.69, 9.17) is 0 Å². The quantitative estimate of drug-likeness (QED) is 0.292. The van der Waals surface area contributed by atoms with E-state index in [0.29, 0.717) is 19.5 Å². The SMILES string of the molecule is CC(C)(CO)[C@@H](O)CNCCCC(=O)N[C@@H](Cc1c[nH]c2ccccc12)C(=O)O. The maximum absolute atomic E-state index is 12.2. The molecule has 0 aliphatic rings. The molecule has 0 fully saturated rings. The molecular formula is C21H31N3O5. The average Bonchev–Trinajstić information content (AvgIpc) is 3.10. The summed E-state index contributed by atoms with van der Waals surface area (Å²) in [6.07, 6.45) is 1.97. The van der Waals surface area contributed by atoms with Crippen LogP contribution in [0.5, 0.6) is 0 Å². The summed E-state index contributed by atoms with van der Waals surface area (Å²) in [5, 5.41) is 35.3. The number of carbonyl (C=O) groups excluding carboxylic acids is 1. The molecule has 0 unspecified atom stereocenters. The summed E-state index contributed by atoms with van der Waals surface area (Å²) in [7, 11) is 0. The van der Waals surface area contributed by atoms with Crippen molar-refractivity contribution in [3.05, 3.63) is 36.0 Å². The van der Waals surface area contributed by atoms with Gasteiger partial charge in [0.25, 0.3) is 0 Å². The van der Waals surface area contributed by atoms with Crippen LogP contribution in [-0.4, -0.2) is 64.0 Å². The number of H-pyrrole nitrogens is 1. The molecule has 1 aromatic carbocycles. The highest BCUT2D eigenvalue weighted by molar-refractivity contribution is 5.86. The Morgan fingerprint density at radius 1 is 1.24 bits per heavy atom. The monoisotopic (exact) mass is 405 g/mol. The number of hydrogen-bond acceptors (Lipinski definition) is 5. The van der Waals surface area contributed by atoms with E-state index < -0.39 is 23.5 Å². The van der Waals surface area contributed by atoms with Gasteiger partial charge >= 0.3 is 5.97 Å². The predicted octanol–water partition coefficient (Wildman–Crippen LogP) is 1.03. The summed E-state index contributed by atoms with van der Waals surface area (Å²) in [5.41, 5.74) is 1.17. The predicted molar refractivity (Wildman–Crippen MR) is 111 cm³/mol. The lowest BCUT2D eigenvalue weighted by atomic mass is 9.87. The largest absolute Gasteiger partial charge is 0.480 e. The Bertz CT molecular complexity index is 818. The molecule has 1 amide bonds. The van der Waals surface area contributed by atoms with Crippen LogP contribution in [0.25, 0.3) is 10.9 Å². The van der Waals surface area contributed by atoms with E-state index in [0.717, 1.165) is 16.5 Å². The molecule has 0 aliphatic heterocycles. The summed E-state index contributed by atoms with van der Waals surface area (Å²) in [6.45, 7) is 4.24. The first kappa shape index (κ1) is 22.9. The van der Waals surface area contributed by atoms with Crippen molar-refractivity contribution in [1.29, 1.82) is 0 Å². The summed E-state index contributed by atoms with van der Waals surface area (Å²) in [5.74, 6) is -1.40. The molecule has 0 saturated heterocycles. The Morgan fingerprint density at radius 2 is 1.97 bits per heavy atom. The fourth-order valence-electron chi connectivity index (χ4n) is 2.98. The molecule has 0 saturated carbocycles. The molecule has 0 bridgehead atoms. The molecule has 0 aliphatic carbocycles. The van der Waals surface area contributed by atoms with E-state index >= 15 is 0 Å². The number of amides is 1. The van der Waals surface area contributed by atoms with E-state index in [1.807, 2.05) is 24.3 Å². The lowest BCUT2D eigenvalue weighted by Gasteiger charge is -2.28. The number of aliphatic hydroxyl groups is 2. The van der Waals surface area contributed by atoms with Gasteiger partial charge in [0.1, 0.15) is 6.04 Å². The molecule has 0 spiro atoms. The number of hydrogen-bond donors (Lipinski definition) is 6.